The van der Waals surface area contributed by atoms with Crippen molar-refractivity contribution in [3.05, 3.63) is 28.8 Å². The maximum atomic E-state index is 12.2. The van der Waals surface area contributed by atoms with E-state index >= 15 is 0 Å². The molecule has 14 heavy (non-hydrogen) atoms. The minimum absolute atomic E-state index is 0.0742. The molecule has 1 rings (SSSR count). The van der Waals surface area contributed by atoms with Gasteiger partial charge in [0.25, 0.3) is 0 Å². The molecule has 78 valence electrons. The predicted octanol–water partition coefficient (Wildman–Crippen LogP) is 2.48. The fraction of sp³-hybridized carbons (Fsp3) is 0.250. The van der Waals surface area contributed by atoms with E-state index in [1.54, 1.807) is 0 Å². The van der Waals surface area contributed by atoms with Crippen LogP contribution >= 0.6 is 11.6 Å². The highest BCUT2D eigenvalue weighted by atomic mass is 35.5. The summed E-state index contributed by atoms with van der Waals surface area (Å²) >= 11 is 5.57. The van der Waals surface area contributed by atoms with E-state index < -0.39 is 12.2 Å². The van der Waals surface area contributed by atoms with Gasteiger partial charge in [0.05, 0.1) is 0 Å². The van der Waals surface area contributed by atoms with Crippen LogP contribution in [0.25, 0.3) is 0 Å². The summed E-state index contributed by atoms with van der Waals surface area (Å²) in [6, 6.07) is 1.67. The second kappa shape index (κ2) is 3.67. The van der Waals surface area contributed by atoms with Crippen LogP contribution in [0.2, 0.25) is 5.02 Å². The standard InChI is InChI=1S/C8H8ClF3N2/c9-6-3-4(13)1-2-5(6)7(14)8(10,11)12/h1-3,7H,13-14H2/t7-/m1/s1. The molecule has 0 bridgehead atoms. The molecular weight excluding hydrogens is 217 g/mol. The molecular formula is C8H8ClF3N2. The zero-order valence-electron chi connectivity index (χ0n) is 6.98. The fourth-order valence-corrected chi connectivity index (χ4v) is 1.28. The van der Waals surface area contributed by atoms with Crippen LogP contribution in [0.15, 0.2) is 18.2 Å². The van der Waals surface area contributed by atoms with Crippen molar-refractivity contribution < 1.29 is 13.2 Å². The van der Waals surface area contributed by atoms with Gasteiger partial charge in [0.2, 0.25) is 0 Å². The zero-order chi connectivity index (χ0) is 10.9. The lowest BCUT2D eigenvalue weighted by molar-refractivity contribution is -0.149. The number of rotatable bonds is 1. The van der Waals surface area contributed by atoms with Crippen LogP contribution in [-0.2, 0) is 0 Å². The first-order valence-electron chi connectivity index (χ1n) is 3.69. The highest BCUT2D eigenvalue weighted by molar-refractivity contribution is 6.31. The Hall–Kier alpha value is -0.940. The smallest absolute Gasteiger partial charge is 0.399 e. The third kappa shape index (κ3) is 2.30. The van der Waals surface area contributed by atoms with Crippen LogP contribution in [0.3, 0.4) is 0 Å². The molecule has 0 saturated heterocycles. The summed E-state index contributed by atoms with van der Waals surface area (Å²) in [5.41, 5.74) is 10.4. The summed E-state index contributed by atoms with van der Waals surface area (Å²) in [5.74, 6) is 0. The monoisotopic (exact) mass is 224 g/mol. The Morgan fingerprint density at radius 1 is 1.29 bits per heavy atom. The summed E-state index contributed by atoms with van der Waals surface area (Å²) < 4.78 is 36.6. The minimum Gasteiger partial charge on any atom is -0.399 e. The molecule has 0 aliphatic rings. The van der Waals surface area contributed by atoms with Crippen molar-refractivity contribution >= 4 is 17.3 Å². The average molecular weight is 225 g/mol. The topological polar surface area (TPSA) is 52.0 Å². The third-order valence-electron chi connectivity index (χ3n) is 1.71. The summed E-state index contributed by atoms with van der Waals surface area (Å²) in [7, 11) is 0. The number of halogens is 4. The number of alkyl halides is 3. The van der Waals surface area contributed by atoms with Gasteiger partial charge < -0.3 is 11.5 Å². The Balaban J connectivity index is 3.08. The molecule has 1 aromatic rings. The van der Waals surface area contributed by atoms with E-state index in [4.69, 9.17) is 23.1 Å². The van der Waals surface area contributed by atoms with E-state index in [0.29, 0.717) is 5.69 Å². The molecule has 0 spiro atoms. The summed E-state index contributed by atoms with van der Waals surface area (Å²) in [5, 5.41) is -0.0742. The molecule has 0 aromatic heterocycles. The molecule has 1 aromatic carbocycles. The molecule has 0 aliphatic heterocycles. The predicted molar refractivity (Wildman–Crippen MR) is 48.8 cm³/mol. The lowest BCUT2D eigenvalue weighted by Crippen LogP contribution is -2.28. The Labute approximate surface area is 83.6 Å². The van der Waals surface area contributed by atoms with Crippen LogP contribution in [-0.4, -0.2) is 6.18 Å². The number of anilines is 1. The SMILES string of the molecule is Nc1ccc([C@@H](N)C(F)(F)F)c(Cl)c1. The Kier molecular flexibility index (Phi) is 2.92. The largest absolute Gasteiger partial charge is 0.407 e. The van der Waals surface area contributed by atoms with E-state index in [1.165, 1.54) is 18.2 Å². The number of hydrogen-bond acceptors (Lipinski definition) is 2. The summed E-state index contributed by atoms with van der Waals surface area (Å²) in [6.07, 6.45) is -4.50. The second-order valence-corrected chi connectivity index (χ2v) is 3.21. The highest BCUT2D eigenvalue weighted by Crippen LogP contribution is 2.34. The van der Waals surface area contributed by atoms with E-state index in [-0.39, 0.29) is 10.6 Å². The van der Waals surface area contributed by atoms with Crippen molar-refractivity contribution in [2.75, 3.05) is 5.73 Å². The molecule has 2 nitrogen and oxygen atoms in total. The molecule has 0 aliphatic carbocycles. The maximum absolute atomic E-state index is 12.2. The van der Waals surface area contributed by atoms with Gasteiger partial charge in [-0.2, -0.15) is 13.2 Å². The van der Waals surface area contributed by atoms with Gasteiger partial charge in [0, 0.05) is 10.7 Å². The molecule has 0 amide bonds. The number of nitrogens with two attached hydrogens (primary N) is 2. The lowest BCUT2D eigenvalue weighted by atomic mass is 10.1. The van der Waals surface area contributed by atoms with Crippen molar-refractivity contribution in [1.29, 1.82) is 0 Å². The van der Waals surface area contributed by atoms with Gasteiger partial charge in [-0.05, 0) is 17.7 Å². The van der Waals surface area contributed by atoms with E-state index in [1.807, 2.05) is 0 Å². The van der Waals surface area contributed by atoms with E-state index in [9.17, 15) is 13.2 Å². The molecule has 1 atom stereocenters. The molecule has 0 radical (unpaired) electrons. The second-order valence-electron chi connectivity index (χ2n) is 2.80. The van der Waals surface area contributed by atoms with Gasteiger partial charge in [0.15, 0.2) is 0 Å². The van der Waals surface area contributed by atoms with Crippen molar-refractivity contribution in [3.8, 4) is 0 Å². The van der Waals surface area contributed by atoms with Crippen LogP contribution < -0.4 is 11.5 Å². The van der Waals surface area contributed by atoms with Crippen molar-refractivity contribution in [2.24, 2.45) is 5.73 Å². The van der Waals surface area contributed by atoms with Crippen molar-refractivity contribution in [1.82, 2.24) is 0 Å². The quantitative estimate of drug-likeness (QED) is 0.720. The summed E-state index contributed by atoms with van der Waals surface area (Å²) in [4.78, 5) is 0. The van der Waals surface area contributed by atoms with Gasteiger partial charge in [-0.1, -0.05) is 17.7 Å². The number of hydrogen-bond donors (Lipinski definition) is 2. The van der Waals surface area contributed by atoms with Crippen LogP contribution in [0, 0.1) is 0 Å². The van der Waals surface area contributed by atoms with Crippen molar-refractivity contribution in [3.63, 3.8) is 0 Å². The summed E-state index contributed by atoms with van der Waals surface area (Å²) in [6.45, 7) is 0. The Morgan fingerprint density at radius 3 is 2.29 bits per heavy atom. The van der Waals surface area contributed by atoms with Crippen LogP contribution in [0.5, 0.6) is 0 Å². The fourth-order valence-electron chi connectivity index (χ4n) is 0.972. The van der Waals surface area contributed by atoms with Gasteiger partial charge in [-0.15, -0.1) is 0 Å². The van der Waals surface area contributed by atoms with E-state index in [2.05, 4.69) is 0 Å². The molecule has 0 fully saturated rings. The van der Waals surface area contributed by atoms with Crippen LogP contribution in [0.1, 0.15) is 11.6 Å². The minimum atomic E-state index is -4.50. The maximum Gasteiger partial charge on any atom is 0.407 e. The lowest BCUT2D eigenvalue weighted by Gasteiger charge is -2.17. The molecule has 0 heterocycles. The first-order valence-corrected chi connectivity index (χ1v) is 4.07. The molecule has 0 saturated carbocycles. The van der Waals surface area contributed by atoms with Gasteiger partial charge in [0.1, 0.15) is 6.04 Å². The molecule has 6 heteroatoms. The number of benzene rings is 1. The van der Waals surface area contributed by atoms with Gasteiger partial charge in [-0.25, -0.2) is 0 Å². The zero-order valence-corrected chi connectivity index (χ0v) is 7.73. The van der Waals surface area contributed by atoms with Crippen LogP contribution in [0.4, 0.5) is 18.9 Å². The van der Waals surface area contributed by atoms with Crippen molar-refractivity contribution in [2.45, 2.75) is 12.2 Å². The van der Waals surface area contributed by atoms with E-state index in [0.717, 1.165) is 0 Å². The van der Waals surface area contributed by atoms with Gasteiger partial charge in [-0.3, -0.25) is 0 Å². The first kappa shape index (κ1) is 11.1. The average Bonchev–Trinajstić information content (AvgIpc) is 2.01. The number of nitrogen functional groups attached to an aromatic ring is 1. The Morgan fingerprint density at radius 2 is 1.86 bits per heavy atom. The Bertz CT molecular complexity index is 338. The highest BCUT2D eigenvalue weighted by Gasteiger charge is 2.38. The normalized spacial score (nSPS) is 14.1. The first-order chi connectivity index (χ1) is 6.32. The molecule has 0 unspecified atom stereocenters. The van der Waals surface area contributed by atoms with Gasteiger partial charge >= 0.3 is 6.18 Å². The third-order valence-corrected chi connectivity index (χ3v) is 2.04. The molecule has 4 N–H and O–H groups in total.